The van der Waals surface area contributed by atoms with E-state index in [1.165, 1.54) is 88.1 Å². The first kappa shape index (κ1) is 24.9. The average molecular weight is 520 g/mol. The number of benzene rings is 5. The van der Waals surface area contributed by atoms with E-state index in [4.69, 9.17) is 0 Å². The van der Waals surface area contributed by atoms with Gasteiger partial charge in [-0.15, -0.1) is 0 Å². The Hall–Kier alpha value is -4.10. The summed E-state index contributed by atoms with van der Waals surface area (Å²) in [4.78, 5) is 2.47. The van der Waals surface area contributed by atoms with Crippen LogP contribution in [0.4, 0.5) is 17.1 Å². The fourth-order valence-electron chi connectivity index (χ4n) is 7.11. The average Bonchev–Trinajstić information content (AvgIpc) is 3.26. The van der Waals surface area contributed by atoms with Crippen molar-refractivity contribution in [2.24, 2.45) is 0 Å². The maximum Gasteiger partial charge on any atom is 0.0543 e. The summed E-state index contributed by atoms with van der Waals surface area (Å²) in [5.74, 6) is 0.704. The monoisotopic (exact) mass is 519 g/mol. The van der Waals surface area contributed by atoms with Crippen LogP contribution in [0.1, 0.15) is 68.6 Å². The van der Waals surface area contributed by atoms with Gasteiger partial charge in [0.2, 0.25) is 0 Å². The summed E-state index contributed by atoms with van der Waals surface area (Å²) >= 11 is 0. The molecule has 7 rings (SSSR count). The van der Waals surface area contributed by atoms with Crippen LogP contribution in [0.3, 0.4) is 0 Å². The molecule has 40 heavy (non-hydrogen) atoms. The molecule has 1 saturated carbocycles. The van der Waals surface area contributed by atoms with Gasteiger partial charge < -0.3 is 4.90 Å². The standard InChI is InChI=1S/C39H37N/c1-39(2)35-17-10-9-16-34(35)38-36(39)18-11-19-37(38)40(32-24-20-30(21-25-32)28-12-5-3-6-13-28)33-26-22-31(23-27-33)29-14-7-4-8-15-29/h3,5-6,9-13,16-27,29H,4,7-8,14-15H2,1-2H3. The fourth-order valence-corrected chi connectivity index (χ4v) is 7.11. The van der Waals surface area contributed by atoms with Crippen molar-refractivity contribution in [2.75, 3.05) is 4.90 Å². The lowest BCUT2D eigenvalue weighted by atomic mass is 9.82. The van der Waals surface area contributed by atoms with E-state index in [0.717, 1.165) is 0 Å². The zero-order chi connectivity index (χ0) is 27.1. The van der Waals surface area contributed by atoms with Crippen LogP contribution in [-0.2, 0) is 5.41 Å². The van der Waals surface area contributed by atoms with Crippen LogP contribution in [-0.4, -0.2) is 0 Å². The molecule has 0 bridgehead atoms. The Morgan fingerprint density at radius 3 is 1.88 bits per heavy atom. The number of hydrogen-bond acceptors (Lipinski definition) is 1. The summed E-state index contributed by atoms with van der Waals surface area (Å²) in [5.41, 5.74) is 13.1. The van der Waals surface area contributed by atoms with Crippen LogP contribution in [0.2, 0.25) is 0 Å². The van der Waals surface area contributed by atoms with Crippen molar-refractivity contribution >= 4 is 17.1 Å². The first-order chi connectivity index (χ1) is 19.6. The lowest BCUT2D eigenvalue weighted by molar-refractivity contribution is 0.443. The minimum Gasteiger partial charge on any atom is -0.310 e. The molecule has 2 aliphatic rings. The van der Waals surface area contributed by atoms with E-state index in [1.807, 2.05) is 0 Å². The second-order valence-corrected chi connectivity index (χ2v) is 12.0. The van der Waals surface area contributed by atoms with Crippen LogP contribution in [0, 0.1) is 0 Å². The lowest BCUT2D eigenvalue weighted by Gasteiger charge is -2.29. The third-order valence-corrected chi connectivity index (χ3v) is 9.29. The number of anilines is 3. The molecule has 0 amide bonds. The largest absolute Gasteiger partial charge is 0.310 e. The first-order valence-corrected chi connectivity index (χ1v) is 14.9. The van der Waals surface area contributed by atoms with Crippen molar-refractivity contribution in [3.05, 3.63) is 138 Å². The Morgan fingerprint density at radius 1 is 0.550 bits per heavy atom. The molecular weight excluding hydrogens is 482 g/mol. The minimum absolute atomic E-state index is 0.0321. The Bertz CT molecular complexity index is 1620. The van der Waals surface area contributed by atoms with Gasteiger partial charge >= 0.3 is 0 Å². The van der Waals surface area contributed by atoms with Crippen LogP contribution < -0.4 is 4.90 Å². The molecule has 198 valence electrons. The van der Waals surface area contributed by atoms with Crippen molar-refractivity contribution in [3.63, 3.8) is 0 Å². The molecule has 0 spiro atoms. The molecule has 1 fully saturated rings. The molecule has 0 unspecified atom stereocenters. The van der Waals surface area contributed by atoms with Crippen LogP contribution in [0.5, 0.6) is 0 Å². The summed E-state index contributed by atoms with van der Waals surface area (Å²) in [7, 11) is 0. The highest BCUT2D eigenvalue weighted by Crippen LogP contribution is 2.54. The third-order valence-electron chi connectivity index (χ3n) is 9.29. The molecule has 0 aromatic heterocycles. The van der Waals surface area contributed by atoms with Gasteiger partial charge in [0.05, 0.1) is 5.69 Å². The zero-order valence-electron chi connectivity index (χ0n) is 23.6. The summed E-state index contributed by atoms with van der Waals surface area (Å²) in [5, 5.41) is 0. The van der Waals surface area contributed by atoms with E-state index < -0.39 is 0 Å². The highest BCUT2D eigenvalue weighted by atomic mass is 15.1. The molecule has 5 aromatic carbocycles. The van der Waals surface area contributed by atoms with E-state index in [0.29, 0.717) is 5.92 Å². The SMILES string of the molecule is CC1(C)c2ccccc2-c2c(N(c3ccc(-c4ccccc4)cc3)c3ccc(C4CCCCC4)cc3)cccc21. The maximum atomic E-state index is 2.47. The van der Waals surface area contributed by atoms with Crippen molar-refractivity contribution < 1.29 is 0 Å². The van der Waals surface area contributed by atoms with Crippen LogP contribution >= 0.6 is 0 Å². The first-order valence-electron chi connectivity index (χ1n) is 14.9. The normalized spacial score (nSPS) is 15.8. The summed E-state index contributed by atoms with van der Waals surface area (Å²) < 4.78 is 0. The number of hydrogen-bond donors (Lipinski definition) is 0. The van der Waals surface area contributed by atoms with E-state index in [2.05, 4.69) is 140 Å². The molecular formula is C39H37N. The molecule has 2 aliphatic carbocycles. The Kier molecular flexibility index (Phi) is 6.31. The van der Waals surface area contributed by atoms with E-state index in [-0.39, 0.29) is 5.41 Å². The second-order valence-electron chi connectivity index (χ2n) is 12.0. The van der Waals surface area contributed by atoms with E-state index in [1.54, 1.807) is 0 Å². The van der Waals surface area contributed by atoms with Gasteiger partial charge in [0.15, 0.2) is 0 Å². The van der Waals surface area contributed by atoms with Crippen LogP contribution in [0.25, 0.3) is 22.3 Å². The molecule has 0 aliphatic heterocycles. The second kappa shape index (κ2) is 10.1. The summed E-state index contributed by atoms with van der Waals surface area (Å²) in [6.07, 6.45) is 6.75. The minimum atomic E-state index is -0.0321. The number of rotatable bonds is 5. The Balaban J connectivity index is 1.37. The van der Waals surface area contributed by atoms with Crippen molar-refractivity contribution in [1.82, 2.24) is 0 Å². The molecule has 5 aromatic rings. The zero-order valence-corrected chi connectivity index (χ0v) is 23.6. The van der Waals surface area contributed by atoms with Gasteiger partial charge in [-0.3, -0.25) is 0 Å². The fraction of sp³-hybridized carbons (Fsp3) is 0.231. The van der Waals surface area contributed by atoms with Gasteiger partial charge in [-0.25, -0.2) is 0 Å². The Morgan fingerprint density at radius 2 is 1.15 bits per heavy atom. The molecule has 1 nitrogen and oxygen atoms in total. The van der Waals surface area contributed by atoms with Crippen molar-refractivity contribution in [3.8, 4) is 22.3 Å². The predicted molar refractivity (Wildman–Crippen MR) is 170 cm³/mol. The van der Waals surface area contributed by atoms with Gasteiger partial charge in [0.25, 0.3) is 0 Å². The van der Waals surface area contributed by atoms with Gasteiger partial charge in [0.1, 0.15) is 0 Å². The molecule has 0 heterocycles. The summed E-state index contributed by atoms with van der Waals surface area (Å²) in [6.45, 7) is 4.72. The van der Waals surface area contributed by atoms with E-state index >= 15 is 0 Å². The smallest absolute Gasteiger partial charge is 0.0543 e. The number of fused-ring (bicyclic) bond motifs is 3. The molecule has 0 N–H and O–H groups in total. The Labute approximate surface area is 239 Å². The van der Waals surface area contributed by atoms with Gasteiger partial charge in [0, 0.05) is 22.4 Å². The van der Waals surface area contributed by atoms with Crippen molar-refractivity contribution in [1.29, 1.82) is 0 Å². The lowest BCUT2D eigenvalue weighted by Crippen LogP contribution is -2.16. The molecule has 0 atom stereocenters. The van der Waals surface area contributed by atoms with Gasteiger partial charge in [-0.1, -0.05) is 124 Å². The quantitative estimate of drug-likeness (QED) is 0.223. The molecule has 0 saturated heterocycles. The highest BCUT2D eigenvalue weighted by Gasteiger charge is 2.37. The number of nitrogens with zero attached hydrogens (tertiary/aromatic N) is 1. The highest BCUT2D eigenvalue weighted by molar-refractivity contribution is 5.95. The molecule has 0 radical (unpaired) electrons. The van der Waals surface area contributed by atoms with Crippen LogP contribution in [0.15, 0.2) is 121 Å². The van der Waals surface area contributed by atoms with Crippen molar-refractivity contribution in [2.45, 2.75) is 57.3 Å². The van der Waals surface area contributed by atoms with Gasteiger partial charge in [-0.2, -0.15) is 0 Å². The maximum absolute atomic E-state index is 2.47. The summed E-state index contributed by atoms with van der Waals surface area (Å²) in [6, 6.07) is 45.0. The molecule has 1 heteroatoms. The van der Waals surface area contributed by atoms with Gasteiger partial charge in [-0.05, 0) is 82.5 Å². The van der Waals surface area contributed by atoms with E-state index in [9.17, 15) is 0 Å². The third kappa shape index (κ3) is 4.25. The topological polar surface area (TPSA) is 3.24 Å². The predicted octanol–water partition coefficient (Wildman–Crippen LogP) is 11.2.